The van der Waals surface area contributed by atoms with Gasteiger partial charge in [-0.1, -0.05) is 6.07 Å². The highest BCUT2D eigenvalue weighted by atomic mass is 16.1. The van der Waals surface area contributed by atoms with E-state index in [1.54, 1.807) is 26.4 Å². The van der Waals surface area contributed by atoms with Crippen molar-refractivity contribution >= 4 is 22.3 Å². The summed E-state index contributed by atoms with van der Waals surface area (Å²) < 4.78 is 1.33. The van der Waals surface area contributed by atoms with Gasteiger partial charge in [0.15, 0.2) is 0 Å². The quantitative estimate of drug-likeness (QED) is 0.603. The third-order valence-corrected chi connectivity index (χ3v) is 4.33. The minimum atomic E-state index is -0.115. The minimum absolute atomic E-state index is 0.115. The van der Waals surface area contributed by atoms with Crippen molar-refractivity contribution in [2.45, 2.75) is 6.92 Å². The molecule has 6 nitrogen and oxygen atoms in total. The van der Waals surface area contributed by atoms with Crippen molar-refractivity contribution < 1.29 is 0 Å². The number of aromatic amines is 1. The maximum Gasteiger partial charge on any atom is 0.271 e. The van der Waals surface area contributed by atoms with Crippen molar-refractivity contribution in [3.05, 3.63) is 71.0 Å². The van der Waals surface area contributed by atoms with Crippen LogP contribution in [0.3, 0.4) is 0 Å². The van der Waals surface area contributed by atoms with Crippen molar-refractivity contribution in [2.24, 2.45) is 7.05 Å². The number of fused-ring (bicyclic) bond motifs is 1. The van der Waals surface area contributed by atoms with Gasteiger partial charge >= 0.3 is 0 Å². The Morgan fingerprint density at radius 1 is 1.12 bits per heavy atom. The fourth-order valence-electron chi connectivity index (χ4n) is 2.98. The number of hydrogen-bond acceptors (Lipinski definition) is 4. The molecule has 0 saturated carbocycles. The highest BCUT2D eigenvalue weighted by Gasteiger charge is 2.13. The molecule has 0 unspecified atom stereocenters. The highest BCUT2D eigenvalue weighted by molar-refractivity contribution is 6.02. The molecule has 0 fully saturated rings. The number of rotatable bonds is 3. The van der Waals surface area contributed by atoms with Gasteiger partial charge in [-0.2, -0.15) is 5.10 Å². The molecule has 0 atom stereocenters. The van der Waals surface area contributed by atoms with Gasteiger partial charge in [0.25, 0.3) is 5.56 Å². The normalized spacial score (nSPS) is 11.0. The number of benzene rings is 1. The lowest BCUT2D eigenvalue weighted by molar-refractivity contribution is 0.702. The van der Waals surface area contributed by atoms with E-state index in [1.165, 1.54) is 4.68 Å². The molecule has 0 amide bonds. The molecule has 0 aliphatic rings. The lowest BCUT2D eigenvalue weighted by atomic mass is 10.0. The Morgan fingerprint density at radius 2 is 2.00 bits per heavy atom. The number of aromatic nitrogens is 4. The fourth-order valence-corrected chi connectivity index (χ4v) is 2.98. The third kappa shape index (κ3) is 2.57. The topological polar surface area (TPSA) is 75.6 Å². The van der Waals surface area contributed by atoms with E-state index in [0.29, 0.717) is 11.3 Å². The third-order valence-electron chi connectivity index (χ3n) is 4.33. The SMILES string of the molecule is Cc1c(Nc2ccc3[nH]ccc3c2-c2cccnc2)cnn(C)c1=O. The molecule has 1 aromatic carbocycles. The van der Waals surface area contributed by atoms with E-state index in [9.17, 15) is 4.79 Å². The number of H-pyrrole nitrogens is 1. The lowest BCUT2D eigenvalue weighted by Crippen LogP contribution is -2.22. The zero-order valence-electron chi connectivity index (χ0n) is 13.9. The van der Waals surface area contributed by atoms with E-state index in [4.69, 9.17) is 0 Å². The molecule has 4 aromatic rings. The van der Waals surface area contributed by atoms with Crippen LogP contribution >= 0.6 is 0 Å². The Kier molecular flexibility index (Phi) is 3.57. The van der Waals surface area contributed by atoms with Crippen LogP contribution in [0.2, 0.25) is 0 Å². The Balaban J connectivity index is 1.91. The van der Waals surface area contributed by atoms with E-state index in [1.807, 2.05) is 42.7 Å². The molecule has 3 aromatic heterocycles. The Labute approximate surface area is 144 Å². The summed E-state index contributed by atoms with van der Waals surface area (Å²) in [5.74, 6) is 0. The van der Waals surface area contributed by atoms with Crippen LogP contribution in [0.1, 0.15) is 5.56 Å². The number of hydrogen-bond donors (Lipinski definition) is 2. The number of aryl methyl sites for hydroxylation is 1. The molecule has 0 aliphatic heterocycles. The number of pyridine rings is 1. The second-order valence-corrected chi connectivity index (χ2v) is 5.91. The summed E-state index contributed by atoms with van der Waals surface area (Å²) in [7, 11) is 1.64. The zero-order chi connectivity index (χ0) is 17.4. The molecular weight excluding hydrogens is 314 g/mol. The molecule has 0 radical (unpaired) electrons. The van der Waals surface area contributed by atoms with Crippen LogP contribution in [-0.4, -0.2) is 19.7 Å². The first-order chi connectivity index (χ1) is 12.1. The van der Waals surface area contributed by atoms with Crippen molar-refractivity contribution in [1.82, 2.24) is 19.7 Å². The van der Waals surface area contributed by atoms with Crippen LogP contribution in [0.5, 0.6) is 0 Å². The summed E-state index contributed by atoms with van der Waals surface area (Å²) >= 11 is 0. The largest absolute Gasteiger partial charge is 0.361 e. The average Bonchev–Trinajstić information content (AvgIpc) is 3.11. The highest BCUT2D eigenvalue weighted by Crippen LogP contribution is 2.36. The second kappa shape index (κ2) is 5.90. The Bertz CT molecular complexity index is 1110. The molecule has 0 spiro atoms. The first-order valence-corrected chi connectivity index (χ1v) is 7.95. The monoisotopic (exact) mass is 331 g/mol. The predicted octanol–water partition coefficient (Wildman–Crippen LogP) is 3.38. The maximum atomic E-state index is 12.2. The predicted molar refractivity (Wildman–Crippen MR) is 99.0 cm³/mol. The van der Waals surface area contributed by atoms with Crippen LogP contribution in [0.25, 0.3) is 22.0 Å². The molecule has 0 bridgehead atoms. The summed E-state index contributed by atoms with van der Waals surface area (Å²) in [6.07, 6.45) is 7.18. The van der Waals surface area contributed by atoms with Crippen LogP contribution in [0, 0.1) is 6.92 Å². The van der Waals surface area contributed by atoms with Gasteiger partial charge in [-0.25, -0.2) is 4.68 Å². The van der Waals surface area contributed by atoms with Gasteiger partial charge in [0.2, 0.25) is 0 Å². The van der Waals surface area contributed by atoms with Gasteiger partial charge in [0.05, 0.1) is 11.9 Å². The first-order valence-electron chi connectivity index (χ1n) is 7.95. The van der Waals surface area contributed by atoms with Gasteiger partial charge in [-0.05, 0) is 31.2 Å². The molecule has 0 saturated heterocycles. The van der Waals surface area contributed by atoms with Gasteiger partial charge in [-0.3, -0.25) is 9.78 Å². The minimum Gasteiger partial charge on any atom is -0.361 e. The van der Waals surface area contributed by atoms with E-state index in [-0.39, 0.29) is 5.56 Å². The smallest absolute Gasteiger partial charge is 0.271 e. The molecular formula is C19H17N5O. The molecule has 25 heavy (non-hydrogen) atoms. The van der Waals surface area contributed by atoms with Gasteiger partial charge in [0, 0.05) is 58.9 Å². The van der Waals surface area contributed by atoms with Crippen LogP contribution in [0.4, 0.5) is 11.4 Å². The first kappa shape index (κ1) is 15.1. The van der Waals surface area contributed by atoms with Crippen molar-refractivity contribution in [2.75, 3.05) is 5.32 Å². The second-order valence-electron chi connectivity index (χ2n) is 5.91. The van der Waals surface area contributed by atoms with Crippen LogP contribution in [-0.2, 0) is 7.05 Å². The van der Waals surface area contributed by atoms with E-state index >= 15 is 0 Å². The lowest BCUT2D eigenvalue weighted by Gasteiger charge is -2.15. The molecule has 124 valence electrons. The van der Waals surface area contributed by atoms with Crippen LogP contribution in [0.15, 0.2) is 59.9 Å². The summed E-state index contributed by atoms with van der Waals surface area (Å²) in [4.78, 5) is 19.6. The summed E-state index contributed by atoms with van der Waals surface area (Å²) in [6, 6.07) is 9.99. The maximum absolute atomic E-state index is 12.2. The van der Waals surface area contributed by atoms with E-state index in [2.05, 4.69) is 20.4 Å². The summed E-state index contributed by atoms with van der Waals surface area (Å²) in [6.45, 7) is 1.80. The Morgan fingerprint density at radius 3 is 2.80 bits per heavy atom. The number of nitrogens with zero attached hydrogens (tertiary/aromatic N) is 3. The van der Waals surface area contributed by atoms with E-state index < -0.39 is 0 Å². The standard InChI is InChI=1S/C19H17N5O/c1-12-17(11-22-24(2)19(12)25)23-16-6-5-15-14(7-9-21-15)18(16)13-4-3-8-20-10-13/h3-11,21,23H,1-2H3. The van der Waals surface area contributed by atoms with E-state index in [0.717, 1.165) is 27.7 Å². The molecule has 4 rings (SSSR count). The summed E-state index contributed by atoms with van der Waals surface area (Å²) in [5.41, 5.74) is 5.20. The summed E-state index contributed by atoms with van der Waals surface area (Å²) in [5, 5.41) is 8.58. The number of anilines is 2. The molecule has 2 N–H and O–H groups in total. The van der Waals surface area contributed by atoms with Crippen LogP contribution < -0.4 is 10.9 Å². The van der Waals surface area contributed by atoms with Gasteiger partial charge in [0.1, 0.15) is 0 Å². The van der Waals surface area contributed by atoms with Crippen molar-refractivity contribution in [3.63, 3.8) is 0 Å². The molecule has 6 heteroatoms. The molecule has 0 aliphatic carbocycles. The fraction of sp³-hybridized carbons (Fsp3) is 0.105. The van der Waals surface area contributed by atoms with Gasteiger partial charge in [-0.15, -0.1) is 0 Å². The number of nitrogens with one attached hydrogen (secondary N) is 2. The zero-order valence-corrected chi connectivity index (χ0v) is 13.9. The van der Waals surface area contributed by atoms with Crippen molar-refractivity contribution in [3.8, 4) is 11.1 Å². The average molecular weight is 331 g/mol. The Hall–Kier alpha value is -3.41. The van der Waals surface area contributed by atoms with Gasteiger partial charge < -0.3 is 10.3 Å². The molecule has 3 heterocycles. The van der Waals surface area contributed by atoms with Crippen molar-refractivity contribution in [1.29, 1.82) is 0 Å².